The van der Waals surface area contributed by atoms with Crippen molar-refractivity contribution in [2.45, 2.75) is 12.8 Å². The third-order valence-corrected chi connectivity index (χ3v) is 1.90. The lowest BCUT2D eigenvalue weighted by Crippen LogP contribution is -2.31. The second kappa shape index (κ2) is 2.98. The van der Waals surface area contributed by atoms with E-state index in [1.54, 1.807) is 0 Å². The summed E-state index contributed by atoms with van der Waals surface area (Å²) in [6.07, 6.45) is 1.60. The molecular weight excluding hydrogens is 132 g/mol. The van der Waals surface area contributed by atoms with Gasteiger partial charge in [-0.05, 0) is 18.8 Å². The Morgan fingerprint density at radius 2 is 2.50 bits per heavy atom. The van der Waals surface area contributed by atoms with E-state index in [0.29, 0.717) is 5.92 Å². The molecule has 0 radical (unpaired) electrons. The molecule has 4 N–H and O–H groups in total. The van der Waals surface area contributed by atoms with Crippen LogP contribution in [0.3, 0.4) is 0 Å². The van der Waals surface area contributed by atoms with Gasteiger partial charge in [0.15, 0.2) is 0 Å². The van der Waals surface area contributed by atoms with Gasteiger partial charge in [0, 0.05) is 12.5 Å². The Bertz CT molecular complexity index is 138. The summed E-state index contributed by atoms with van der Waals surface area (Å²) in [6, 6.07) is 0. The maximum atomic E-state index is 10.7. The van der Waals surface area contributed by atoms with Crippen molar-refractivity contribution >= 4 is 5.91 Å². The number of aliphatic hydroxyl groups excluding tert-OH is 1. The molecule has 4 heteroatoms. The van der Waals surface area contributed by atoms with Gasteiger partial charge in [0.1, 0.15) is 0 Å². The second-order valence-corrected chi connectivity index (χ2v) is 2.62. The molecule has 1 fully saturated rings. The summed E-state index contributed by atoms with van der Waals surface area (Å²) in [5, 5.41) is 8.49. The average molecular weight is 144 g/mol. The molecule has 1 aliphatic rings. The zero-order chi connectivity index (χ0) is 7.56. The fourth-order valence-electron chi connectivity index (χ4n) is 1.16. The third-order valence-electron chi connectivity index (χ3n) is 1.90. The normalized spacial score (nSPS) is 29.8. The lowest BCUT2D eigenvalue weighted by atomic mass is 10.2. The quantitative estimate of drug-likeness (QED) is 0.270. The Morgan fingerprint density at radius 1 is 1.80 bits per heavy atom. The van der Waals surface area contributed by atoms with Crippen molar-refractivity contribution in [1.29, 1.82) is 0 Å². The van der Waals surface area contributed by atoms with Crippen molar-refractivity contribution in [3.63, 3.8) is 0 Å². The molecule has 1 rings (SSSR count). The molecule has 4 nitrogen and oxygen atoms in total. The molecule has 0 bridgehead atoms. The molecule has 0 aromatic carbocycles. The van der Waals surface area contributed by atoms with Gasteiger partial charge < -0.3 is 5.11 Å². The molecule has 1 aliphatic carbocycles. The van der Waals surface area contributed by atoms with Gasteiger partial charge in [0.05, 0.1) is 0 Å². The maximum absolute atomic E-state index is 10.7. The van der Waals surface area contributed by atoms with Crippen LogP contribution in [0, 0.1) is 11.8 Å². The van der Waals surface area contributed by atoms with Gasteiger partial charge >= 0.3 is 0 Å². The van der Waals surface area contributed by atoms with Crippen LogP contribution < -0.4 is 11.3 Å². The van der Waals surface area contributed by atoms with Crippen LogP contribution in [0.15, 0.2) is 0 Å². The number of hydrogen-bond donors (Lipinski definition) is 3. The van der Waals surface area contributed by atoms with Crippen LogP contribution in [0.1, 0.15) is 12.8 Å². The second-order valence-electron chi connectivity index (χ2n) is 2.62. The van der Waals surface area contributed by atoms with Crippen molar-refractivity contribution in [3.05, 3.63) is 0 Å². The van der Waals surface area contributed by atoms with E-state index in [-0.39, 0.29) is 18.4 Å². The molecule has 0 spiro atoms. The minimum absolute atomic E-state index is 0.0668. The molecule has 1 saturated carbocycles. The van der Waals surface area contributed by atoms with Crippen LogP contribution in [-0.4, -0.2) is 17.6 Å². The van der Waals surface area contributed by atoms with E-state index in [0.717, 1.165) is 12.8 Å². The van der Waals surface area contributed by atoms with E-state index < -0.39 is 0 Å². The van der Waals surface area contributed by atoms with Gasteiger partial charge in [-0.15, -0.1) is 0 Å². The van der Waals surface area contributed by atoms with Crippen LogP contribution in [0.4, 0.5) is 0 Å². The molecule has 0 aliphatic heterocycles. The smallest absolute Gasteiger partial charge is 0.237 e. The number of carbonyl (C=O) groups is 1. The molecule has 10 heavy (non-hydrogen) atoms. The van der Waals surface area contributed by atoms with E-state index in [9.17, 15) is 4.79 Å². The summed E-state index contributed by atoms with van der Waals surface area (Å²) in [5.74, 6) is 5.25. The summed E-state index contributed by atoms with van der Waals surface area (Å²) in [6.45, 7) is 0.166. The van der Waals surface area contributed by atoms with Crippen molar-refractivity contribution in [2.24, 2.45) is 17.7 Å². The van der Waals surface area contributed by atoms with Crippen LogP contribution in [0.5, 0.6) is 0 Å². The molecule has 1 amide bonds. The molecule has 0 aromatic heterocycles. The van der Waals surface area contributed by atoms with Crippen LogP contribution in [0.2, 0.25) is 0 Å². The number of hydrazine groups is 1. The number of hydrogen-bond acceptors (Lipinski definition) is 3. The Kier molecular flexibility index (Phi) is 2.24. The Balaban J connectivity index is 2.18. The molecule has 2 atom stereocenters. The lowest BCUT2D eigenvalue weighted by molar-refractivity contribution is -0.122. The van der Waals surface area contributed by atoms with Crippen molar-refractivity contribution in [1.82, 2.24) is 5.43 Å². The SMILES string of the molecule is NNC(=O)[C@H]1C[C@@H]1CCO. The molecule has 0 aromatic rings. The molecule has 58 valence electrons. The van der Waals surface area contributed by atoms with E-state index in [1.807, 2.05) is 0 Å². The predicted octanol–water partition coefficient (Wildman–Crippen LogP) is -1.01. The lowest BCUT2D eigenvalue weighted by Gasteiger charge is -1.95. The standard InChI is InChI=1S/C6H12N2O2/c7-8-6(10)5-3-4(5)1-2-9/h4-5,9H,1-3,7H2,(H,8,10)/t4-,5-/m0/s1. The van der Waals surface area contributed by atoms with Gasteiger partial charge in [-0.25, -0.2) is 5.84 Å². The molecular formula is C6H12N2O2. The Morgan fingerprint density at radius 3 is 3.00 bits per heavy atom. The zero-order valence-electron chi connectivity index (χ0n) is 5.71. The predicted molar refractivity (Wildman–Crippen MR) is 35.6 cm³/mol. The average Bonchev–Trinajstić information content (AvgIpc) is 2.67. The van der Waals surface area contributed by atoms with E-state index in [1.165, 1.54) is 0 Å². The van der Waals surface area contributed by atoms with Crippen LogP contribution >= 0.6 is 0 Å². The van der Waals surface area contributed by atoms with E-state index in [2.05, 4.69) is 5.43 Å². The fraction of sp³-hybridized carbons (Fsp3) is 0.833. The highest BCUT2D eigenvalue weighted by atomic mass is 16.3. The summed E-state index contributed by atoms with van der Waals surface area (Å²) < 4.78 is 0. The van der Waals surface area contributed by atoms with Gasteiger partial charge in [0.2, 0.25) is 5.91 Å². The Hall–Kier alpha value is -0.610. The van der Waals surface area contributed by atoms with Crippen LogP contribution in [0.25, 0.3) is 0 Å². The number of nitrogens with one attached hydrogen (secondary N) is 1. The summed E-state index contributed by atoms with van der Waals surface area (Å²) in [4.78, 5) is 10.7. The first-order valence-electron chi connectivity index (χ1n) is 3.41. The maximum Gasteiger partial charge on any atom is 0.237 e. The third kappa shape index (κ3) is 1.46. The number of rotatable bonds is 3. The van der Waals surface area contributed by atoms with E-state index >= 15 is 0 Å². The summed E-state index contributed by atoms with van der Waals surface area (Å²) in [5.41, 5.74) is 2.09. The largest absolute Gasteiger partial charge is 0.396 e. The van der Waals surface area contributed by atoms with Crippen molar-refractivity contribution in [3.8, 4) is 0 Å². The Labute approximate surface area is 59.4 Å². The van der Waals surface area contributed by atoms with Gasteiger partial charge in [-0.3, -0.25) is 10.2 Å². The number of amides is 1. The van der Waals surface area contributed by atoms with Crippen molar-refractivity contribution in [2.75, 3.05) is 6.61 Å². The number of aliphatic hydroxyl groups is 1. The number of nitrogens with two attached hydrogens (primary N) is 1. The molecule has 0 unspecified atom stereocenters. The van der Waals surface area contributed by atoms with Gasteiger partial charge in [0.25, 0.3) is 0 Å². The van der Waals surface area contributed by atoms with Crippen molar-refractivity contribution < 1.29 is 9.90 Å². The minimum atomic E-state index is -0.0987. The van der Waals surface area contributed by atoms with Gasteiger partial charge in [-0.2, -0.15) is 0 Å². The fourth-order valence-corrected chi connectivity index (χ4v) is 1.16. The van der Waals surface area contributed by atoms with Gasteiger partial charge in [-0.1, -0.05) is 0 Å². The topological polar surface area (TPSA) is 75.3 Å². The summed E-state index contributed by atoms with van der Waals surface area (Å²) >= 11 is 0. The molecule has 0 heterocycles. The number of carbonyl (C=O) groups excluding carboxylic acids is 1. The molecule has 0 saturated heterocycles. The van der Waals surface area contributed by atoms with E-state index in [4.69, 9.17) is 10.9 Å². The minimum Gasteiger partial charge on any atom is -0.396 e. The monoisotopic (exact) mass is 144 g/mol. The highest BCUT2D eigenvalue weighted by molar-refractivity contribution is 5.80. The highest BCUT2D eigenvalue weighted by Crippen LogP contribution is 2.40. The first-order valence-corrected chi connectivity index (χ1v) is 3.41. The summed E-state index contributed by atoms with van der Waals surface area (Å²) in [7, 11) is 0. The zero-order valence-corrected chi connectivity index (χ0v) is 5.71. The first-order chi connectivity index (χ1) is 4.79. The highest BCUT2D eigenvalue weighted by Gasteiger charge is 2.41. The first kappa shape index (κ1) is 7.50. The van der Waals surface area contributed by atoms with Crippen LogP contribution in [-0.2, 0) is 4.79 Å².